The number of para-hydroxylation sites is 1. The standard InChI is InChI=1S/C24H27N7O2S/c1-5-18-11-13-19(14-12-18)15-28(3)21(32)16-34-24-25-26-27-30(24)22-17(2)29(4)31(23(22)33)20-9-7-6-8-10-20/h6-14H,5,15-16H2,1-4H3. The van der Waals surface area contributed by atoms with Crippen LogP contribution in [0.3, 0.4) is 0 Å². The zero-order valence-electron chi connectivity index (χ0n) is 19.7. The minimum atomic E-state index is -0.237. The molecule has 0 aliphatic rings. The molecule has 2 aromatic carbocycles. The summed E-state index contributed by atoms with van der Waals surface area (Å²) in [6.07, 6.45) is 0.984. The van der Waals surface area contributed by atoms with E-state index in [0.717, 1.165) is 17.7 Å². The zero-order chi connectivity index (χ0) is 24.2. The molecule has 1 amide bonds. The smallest absolute Gasteiger partial charge is 0.297 e. The Morgan fingerprint density at radius 1 is 1.06 bits per heavy atom. The molecule has 176 valence electrons. The lowest BCUT2D eigenvalue weighted by Gasteiger charge is -2.17. The Hall–Kier alpha value is -3.66. The van der Waals surface area contributed by atoms with E-state index >= 15 is 0 Å². The summed E-state index contributed by atoms with van der Waals surface area (Å²) in [6, 6.07) is 17.6. The second-order valence-corrected chi connectivity index (χ2v) is 8.93. The van der Waals surface area contributed by atoms with Gasteiger partial charge < -0.3 is 4.90 Å². The van der Waals surface area contributed by atoms with Crippen LogP contribution >= 0.6 is 11.8 Å². The maximum absolute atomic E-state index is 13.3. The molecule has 0 saturated heterocycles. The van der Waals surface area contributed by atoms with Gasteiger partial charge in [-0.2, -0.15) is 4.68 Å². The minimum absolute atomic E-state index is 0.0504. The van der Waals surface area contributed by atoms with Crippen molar-refractivity contribution in [1.29, 1.82) is 0 Å². The van der Waals surface area contributed by atoms with E-state index in [-0.39, 0.29) is 17.2 Å². The Labute approximate surface area is 202 Å². The van der Waals surface area contributed by atoms with Crippen molar-refractivity contribution in [2.24, 2.45) is 7.05 Å². The number of rotatable bonds is 8. The van der Waals surface area contributed by atoms with Crippen molar-refractivity contribution < 1.29 is 4.79 Å². The van der Waals surface area contributed by atoms with Gasteiger partial charge in [0.2, 0.25) is 11.1 Å². The summed E-state index contributed by atoms with van der Waals surface area (Å²) in [6.45, 7) is 4.48. The predicted molar refractivity (Wildman–Crippen MR) is 131 cm³/mol. The highest BCUT2D eigenvalue weighted by Gasteiger charge is 2.22. The van der Waals surface area contributed by atoms with Crippen LogP contribution < -0.4 is 5.56 Å². The Bertz CT molecular complexity index is 1340. The van der Waals surface area contributed by atoms with Gasteiger partial charge in [-0.3, -0.25) is 14.3 Å². The van der Waals surface area contributed by atoms with Gasteiger partial charge in [-0.25, -0.2) is 4.68 Å². The first-order valence-corrected chi connectivity index (χ1v) is 12.0. The fraction of sp³-hybridized carbons (Fsp3) is 0.292. The van der Waals surface area contributed by atoms with Gasteiger partial charge >= 0.3 is 0 Å². The van der Waals surface area contributed by atoms with E-state index in [2.05, 4.69) is 34.6 Å². The lowest BCUT2D eigenvalue weighted by Crippen LogP contribution is -2.28. The topological polar surface area (TPSA) is 90.8 Å². The number of tetrazole rings is 1. The molecule has 4 aromatic rings. The SMILES string of the molecule is CCc1ccc(CN(C)C(=O)CSc2nnnn2-c2c(C)n(C)n(-c3ccccc3)c2=O)cc1. The monoisotopic (exact) mass is 477 g/mol. The van der Waals surface area contributed by atoms with Crippen LogP contribution in [0.5, 0.6) is 0 Å². The molecule has 0 aliphatic heterocycles. The zero-order valence-corrected chi connectivity index (χ0v) is 20.5. The second-order valence-electron chi connectivity index (χ2n) is 7.99. The van der Waals surface area contributed by atoms with Crippen molar-refractivity contribution in [3.8, 4) is 11.4 Å². The Kier molecular flexibility index (Phi) is 6.97. The Morgan fingerprint density at radius 2 is 1.74 bits per heavy atom. The third-order valence-electron chi connectivity index (χ3n) is 5.78. The van der Waals surface area contributed by atoms with Gasteiger partial charge in [0.25, 0.3) is 5.56 Å². The number of aryl methyl sites for hydroxylation is 1. The number of thioether (sulfide) groups is 1. The molecule has 0 unspecified atom stereocenters. The fourth-order valence-corrected chi connectivity index (χ4v) is 4.50. The highest BCUT2D eigenvalue weighted by molar-refractivity contribution is 7.99. The summed E-state index contributed by atoms with van der Waals surface area (Å²) in [5.41, 5.74) is 3.92. The first-order chi connectivity index (χ1) is 16.4. The van der Waals surface area contributed by atoms with E-state index < -0.39 is 0 Å². The van der Waals surface area contributed by atoms with Crippen molar-refractivity contribution in [1.82, 2.24) is 34.5 Å². The number of hydrogen-bond donors (Lipinski definition) is 0. The second kappa shape index (κ2) is 10.1. The van der Waals surface area contributed by atoms with Gasteiger partial charge in [0.1, 0.15) is 0 Å². The van der Waals surface area contributed by atoms with Gasteiger partial charge in [-0.15, -0.1) is 5.10 Å². The van der Waals surface area contributed by atoms with Crippen LogP contribution in [0.4, 0.5) is 0 Å². The highest BCUT2D eigenvalue weighted by Crippen LogP contribution is 2.20. The molecule has 4 rings (SSSR count). The molecular formula is C24H27N7O2S. The Morgan fingerprint density at radius 3 is 2.41 bits per heavy atom. The molecule has 0 N–H and O–H groups in total. The van der Waals surface area contributed by atoms with E-state index in [1.54, 1.807) is 21.3 Å². The number of hydrogen-bond acceptors (Lipinski definition) is 6. The van der Waals surface area contributed by atoms with Crippen LogP contribution in [0.1, 0.15) is 23.7 Å². The molecule has 34 heavy (non-hydrogen) atoms. The summed E-state index contributed by atoms with van der Waals surface area (Å²) >= 11 is 1.21. The van der Waals surface area contributed by atoms with Crippen LogP contribution in [0, 0.1) is 6.92 Å². The first-order valence-electron chi connectivity index (χ1n) is 11.0. The van der Waals surface area contributed by atoms with Crippen LogP contribution in [-0.2, 0) is 24.8 Å². The molecule has 10 heteroatoms. The molecule has 0 fully saturated rings. The average Bonchev–Trinajstić information content (AvgIpc) is 3.39. The van der Waals surface area contributed by atoms with E-state index in [1.807, 2.05) is 56.4 Å². The molecule has 0 aliphatic carbocycles. The van der Waals surface area contributed by atoms with Gasteiger partial charge in [0.15, 0.2) is 5.69 Å². The molecule has 2 heterocycles. The highest BCUT2D eigenvalue weighted by atomic mass is 32.2. The molecule has 0 saturated carbocycles. The van der Waals surface area contributed by atoms with Gasteiger partial charge in [-0.1, -0.05) is 61.2 Å². The third kappa shape index (κ3) is 4.67. The number of aromatic nitrogens is 6. The van der Waals surface area contributed by atoms with E-state index in [0.29, 0.717) is 23.1 Å². The minimum Gasteiger partial charge on any atom is -0.341 e. The molecule has 0 bridgehead atoms. The maximum Gasteiger partial charge on any atom is 0.297 e. The summed E-state index contributed by atoms with van der Waals surface area (Å²) < 4.78 is 4.76. The number of benzene rings is 2. The van der Waals surface area contributed by atoms with E-state index in [1.165, 1.54) is 22.0 Å². The lowest BCUT2D eigenvalue weighted by molar-refractivity contribution is -0.127. The van der Waals surface area contributed by atoms with Crippen LogP contribution in [0.25, 0.3) is 11.4 Å². The fourth-order valence-electron chi connectivity index (χ4n) is 3.69. The van der Waals surface area contributed by atoms with Crippen LogP contribution in [0.15, 0.2) is 64.5 Å². The van der Waals surface area contributed by atoms with Crippen molar-refractivity contribution in [3.05, 3.63) is 81.8 Å². The molecule has 0 atom stereocenters. The lowest BCUT2D eigenvalue weighted by atomic mass is 10.1. The van der Waals surface area contributed by atoms with Crippen LogP contribution in [0.2, 0.25) is 0 Å². The average molecular weight is 478 g/mol. The molecule has 0 spiro atoms. The normalized spacial score (nSPS) is 11.1. The molecular weight excluding hydrogens is 450 g/mol. The van der Waals surface area contributed by atoms with Crippen molar-refractivity contribution in [3.63, 3.8) is 0 Å². The summed E-state index contributed by atoms with van der Waals surface area (Å²) in [5.74, 6) is 0.105. The van der Waals surface area contributed by atoms with Crippen molar-refractivity contribution >= 4 is 17.7 Å². The number of amides is 1. The van der Waals surface area contributed by atoms with E-state index in [4.69, 9.17) is 0 Å². The number of carbonyl (C=O) groups is 1. The molecule has 0 radical (unpaired) electrons. The summed E-state index contributed by atoms with van der Waals surface area (Å²) in [4.78, 5) is 27.7. The number of carbonyl (C=O) groups excluding carboxylic acids is 1. The molecule has 9 nitrogen and oxygen atoms in total. The Balaban J connectivity index is 1.50. The maximum atomic E-state index is 13.3. The van der Waals surface area contributed by atoms with Gasteiger partial charge in [-0.05, 0) is 47.0 Å². The quantitative estimate of drug-likeness (QED) is 0.363. The van der Waals surface area contributed by atoms with Crippen molar-refractivity contribution in [2.45, 2.75) is 32.0 Å². The predicted octanol–water partition coefficient (Wildman–Crippen LogP) is 2.77. The molecule has 2 aromatic heterocycles. The van der Waals surface area contributed by atoms with Gasteiger partial charge in [0.05, 0.1) is 17.1 Å². The number of nitrogens with zero attached hydrogens (tertiary/aromatic N) is 7. The first kappa shape index (κ1) is 23.5. The van der Waals surface area contributed by atoms with E-state index in [9.17, 15) is 9.59 Å². The van der Waals surface area contributed by atoms with Gasteiger partial charge in [0, 0.05) is 20.6 Å². The summed E-state index contributed by atoms with van der Waals surface area (Å²) in [5, 5.41) is 12.3. The third-order valence-corrected chi connectivity index (χ3v) is 6.68. The summed E-state index contributed by atoms with van der Waals surface area (Å²) in [7, 11) is 3.59. The largest absolute Gasteiger partial charge is 0.341 e. The van der Waals surface area contributed by atoms with Crippen molar-refractivity contribution in [2.75, 3.05) is 12.8 Å². The van der Waals surface area contributed by atoms with Crippen LogP contribution in [-0.4, -0.2) is 53.2 Å².